The van der Waals surface area contributed by atoms with Crippen LogP contribution in [0.1, 0.15) is 37.5 Å². The lowest BCUT2D eigenvalue weighted by Crippen LogP contribution is -2.41. The summed E-state index contributed by atoms with van der Waals surface area (Å²) < 4.78 is 1.76. The van der Waals surface area contributed by atoms with Crippen LogP contribution < -0.4 is 9.88 Å². The number of nitrogens with one attached hydrogen (secondary N) is 1. The highest BCUT2D eigenvalue weighted by molar-refractivity contribution is 7.81. The summed E-state index contributed by atoms with van der Waals surface area (Å²) in [4.78, 5) is 10.9. The second kappa shape index (κ2) is 9.70. The maximum Gasteiger partial charge on any atom is 0.287 e. The molecule has 0 aliphatic rings. The molecule has 1 heterocycles. The first-order valence-corrected chi connectivity index (χ1v) is 10.6. The Morgan fingerprint density at radius 3 is 2.16 bits per heavy atom. The number of nitrogens with zero attached hydrogens (tertiary/aromatic N) is 2. The van der Waals surface area contributed by atoms with Gasteiger partial charge in [-0.05, 0) is 28.7 Å². The third-order valence-corrected chi connectivity index (χ3v) is 5.38. The number of pyridine rings is 1. The maximum atomic E-state index is 11.1. The number of rotatable bonds is 6. The molecule has 0 amide bonds. The molecular weight excluding hydrogens is 422 g/mol. The molecule has 3 rings (SSSR count). The average Bonchev–Trinajstić information content (AvgIpc) is 2.78. The Kier molecular flexibility index (Phi) is 7.00. The van der Waals surface area contributed by atoms with Crippen molar-refractivity contribution in [3.63, 3.8) is 0 Å². The van der Waals surface area contributed by atoms with Gasteiger partial charge >= 0.3 is 0 Å². The van der Waals surface area contributed by atoms with Gasteiger partial charge in [-0.1, -0.05) is 63.3 Å². The van der Waals surface area contributed by atoms with Crippen molar-refractivity contribution in [1.82, 2.24) is 5.32 Å². The third-order valence-electron chi connectivity index (χ3n) is 5.04. The fraction of sp³-hybridized carbons (Fsp3) is 0.200. The molecule has 6 nitrogen and oxygen atoms in total. The van der Waals surface area contributed by atoms with Gasteiger partial charge in [0.25, 0.3) is 11.4 Å². The number of nitro groups is 1. The van der Waals surface area contributed by atoms with Crippen LogP contribution in [0.3, 0.4) is 0 Å². The highest BCUT2D eigenvalue weighted by Crippen LogP contribution is 2.23. The zero-order chi connectivity index (χ0) is 23.3. The fourth-order valence-electron chi connectivity index (χ4n) is 3.16. The van der Waals surface area contributed by atoms with Gasteiger partial charge in [0.15, 0.2) is 23.1 Å². The van der Waals surface area contributed by atoms with Crippen LogP contribution in [0.4, 0.5) is 5.69 Å². The number of hydrogen-bond acceptors (Lipinski definition) is 4. The standard InChI is InChI=1S/C25H25N3O3S/c1-25(2,3)20-13-15-27(16-14-20)22(24(32)26-17-18-7-5-4-6-8-18)23(29)19-9-11-21(12-10-19)28(30)31/h4-16H,17H2,1-3H3,(H-,26,29,32)/p+1. The van der Waals surface area contributed by atoms with Crippen molar-refractivity contribution in [3.8, 4) is 0 Å². The van der Waals surface area contributed by atoms with E-state index >= 15 is 0 Å². The van der Waals surface area contributed by atoms with Crippen LogP contribution >= 0.6 is 12.2 Å². The first-order chi connectivity index (χ1) is 15.2. The monoisotopic (exact) mass is 448 g/mol. The quantitative estimate of drug-likeness (QED) is 0.136. The number of aromatic nitrogens is 1. The number of non-ortho nitro benzene ring substituents is 1. The van der Waals surface area contributed by atoms with Crippen molar-refractivity contribution >= 4 is 34.3 Å². The van der Waals surface area contributed by atoms with Crippen molar-refractivity contribution in [2.24, 2.45) is 0 Å². The summed E-state index contributed by atoms with van der Waals surface area (Å²) in [7, 11) is 0. The molecule has 32 heavy (non-hydrogen) atoms. The number of benzene rings is 2. The van der Waals surface area contributed by atoms with Crippen molar-refractivity contribution in [3.05, 3.63) is 106 Å². The highest BCUT2D eigenvalue weighted by atomic mass is 32.1. The average molecular weight is 449 g/mol. The molecule has 2 aromatic carbocycles. The molecule has 164 valence electrons. The Labute approximate surface area is 193 Å². The Morgan fingerprint density at radius 2 is 1.62 bits per heavy atom. The van der Waals surface area contributed by atoms with E-state index < -0.39 is 4.92 Å². The second-order valence-corrected chi connectivity index (χ2v) is 8.82. The summed E-state index contributed by atoms with van der Waals surface area (Å²) in [5, 5.41) is 25.3. The van der Waals surface area contributed by atoms with Gasteiger partial charge in [0.2, 0.25) is 0 Å². The summed E-state index contributed by atoms with van der Waals surface area (Å²) in [5.74, 6) is -0.0704. The molecule has 0 saturated carbocycles. The molecule has 0 bridgehead atoms. The van der Waals surface area contributed by atoms with Crippen molar-refractivity contribution in [1.29, 1.82) is 0 Å². The molecule has 0 atom stereocenters. The van der Waals surface area contributed by atoms with Crippen molar-refractivity contribution in [2.75, 3.05) is 0 Å². The van der Waals surface area contributed by atoms with Crippen LogP contribution in [0, 0.1) is 10.1 Å². The zero-order valence-corrected chi connectivity index (χ0v) is 19.1. The van der Waals surface area contributed by atoms with Gasteiger partial charge in [-0.3, -0.25) is 10.1 Å². The van der Waals surface area contributed by atoms with Crippen LogP contribution in [0.25, 0.3) is 11.5 Å². The van der Waals surface area contributed by atoms with Gasteiger partial charge in [0.05, 0.1) is 4.92 Å². The van der Waals surface area contributed by atoms with Gasteiger partial charge < -0.3 is 10.4 Å². The number of aliphatic hydroxyl groups excluding tert-OH is 1. The highest BCUT2D eigenvalue weighted by Gasteiger charge is 2.25. The minimum absolute atomic E-state index is 0.0184. The van der Waals surface area contributed by atoms with Gasteiger partial charge in [-0.2, -0.15) is 4.57 Å². The molecule has 1 aromatic heterocycles. The lowest BCUT2D eigenvalue weighted by atomic mass is 9.88. The summed E-state index contributed by atoms with van der Waals surface area (Å²) in [6.45, 7) is 6.88. The summed E-state index contributed by atoms with van der Waals surface area (Å²) >= 11 is 5.65. The van der Waals surface area contributed by atoms with E-state index in [9.17, 15) is 15.2 Å². The van der Waals surface area contributed by atoms with E-state index in [1.807, 2.05) is 54.9 Å². The normalized spacial score (nSPS) is 12.1. The lowest BCUT2D eigenvalue weighted by molar-refractivity contribution is -0.576. The molecule has 7 heteroatoms. The Bertz CT molecular complexity index is 1130. The minimum Gasteiger partial charge on any atom is -0.502 e. The summed E-state index contributed by atoms with van der Waals surface area (Å²) in [6.07, 6.45) is 3.71. The number of aliphatic hydroxyl groups is 1. The minimum atomic E-state index is -0.475. The Balaban J connectivity index is 2.00. The molecule has 0 saturated heterocycles. The number of thiocarbonyl (C=S) groups is 1. The smallest absolute Gasteiger partial charge is 0.287 e. The van der Waals surface area contributed by atoms with E-state index in [0.29, 0.717) is 22.8 Å². The first kappa shape index (κ1) is 23.1. The number of nitro benzene ring substituents is 1. The molecule has 2 N–H and O–H groups in total. The van der Waals surface area contributed by atoms with E-state index in [-0.39, 0.29) is 16.9 Å². The molecule has 0 unspecified atom stereocenters. The molecule has 0 radical (unpaired) electrons. The van der Waals surface area contributed by atoms with Gasteiger partial charge in [-0.15, -0.1) is 0 Å². The van der Waals surface area contributed by atoms with E-state index in [1.165, 1.54) is 24.3 Å². The molecular formula is C25H26N3O3S+. The summed E-state index contributed by atoms with van der Waals surface area (Å²) in [6, 6.07) is 19.5. The largest absolute Gasteiger partial charge is 0.502 e. The Morgan fingerprint density at radius 1 is 1.03 bits per heavy atom. The predicted molar refractivity (Wildman–Crippen MR) is 130 cm³/mol. The zero-order valence-electron chi connectivity index (χ0n) is 18.3. The first-order valence-electron chi connectivity index (χ1n) is 10.2. The lowest BCUT2D eigenvalue weighted by Gasteiger charge is -2.18. The number of hydrogen-bond donors (Lipinski definition) is 2. The molecule has 0 spiro atoms. The van der Waals surface area contributed by atoms with E-state index in [0.717, 1.165) is 11.1 Å². The maximum absolute atomic E-state index is 11.1. The van der Waals surface area contributed by atoms with Crippen LogP contribution in [0.5, 0.6) is 0 Å². The predicted octanol–water partition coefficient (Wildman–Crippen LogP) is 5.18. The topological polar surface area (TPSA) is 79.3 Å². The van der Waals surface area contributed by atoms with E-state index in [4.69, 9.17) is 12.2 Å². The van der Waals surface area contributed by atoms with E-state index in [2.05, 4.69) is 26.1 Å². The molecule has 3 aromatic rings. The van der Waals surface area contributed by atoms with Gasteiger partial charge in [0.1, 0.15) is 0 Å². The van der Waals surface area contributed by atoms with Crippen LogP contribution in [0.2, 0.25) is 0 Å². The molecule has 0 aliphatic carbocycles. The van der Waals surface area contributed by atoms with E-state index in [1.54, 1.807) is 4.57 Å². The third kappa shape index (κ3) is 5.56. The summed E-state index contributed by atoms with van der Waals surface area (Å²) in [5.41, 5.74) is 2.96. The van der Waals surface area contributed by atoms with Gasteiger partial charge in [-0.25, -0.2) is 0 Å². The second-order valence-electron chi connectivity index (χ2n) is 8.41. The van der Waals surface area contributed by atoms with Crippen LogP contribution in [-0.4, -0.2) is 15.0 Å². The fourth-order valence-corrected chi connectivity index (χ4v) is 3.44. The van der Waals surface area contributed by atoms with Crippen molar-refractivity contribution < 1.29 is 14.6 Å². The van der Waals surface area contributed by atoms with Crippen molar-refractivity contribution in [2.45, 2.75) is 32.7 Å². The van der Waals surface area contributed by atoms with Crippen LogP contribution in [0.15, 0.2) is 79.1 Å². The Hall–Kier alpha value is -3.58. The SMILES string of the molecule is CC(C)(C)c1cc[n+](C(C(=S)NCc2ccccc2)=C(O)c2ccc([N+](=O)[O-])cc2)cc1. The van der Waals surface area contributed by atoms with Crippen LogP contribution in [-0.2, 0) is 12.0 Å². The molecule has 0 aliphatic heterocycles. The van der Waals surface area contributed by atoms with Gasteiger partial charge in [0, 0.05) is 36.4 Å². The molecule has 0 fully saturated rings.